The first kappa shape index (κ1) is 14.5. The number of allylic oxidation sites excluding steroid dienone is 3. The Hall–Kier alpha value is -1.02. The molecule has 0 unspecified atom stereocenters. The highest BCUT2D eigenvalue weighted by atomic mass is 16.5. The maximum Gasteiger partial charge on any atom is 0.118 e. The summed E-state index contributed by atoms with van der Waals surface area (Å²) in [6, 6.07) is 0. The smallest absolute Gasteiger partial charge is 0.118 e. The van der Waals surface area contributed by atoms with E-state index in [-0.39, 0.29) is 0 Å². The first-order chi connectivity index (χ1) is 6.35. The molecule has 0 aliphatic heterocycles. The second-order valence-corrected chi connectivity index (χ2v) is 1.85. The highest BCUT2D eigenvalue weighted by Gasteiger charge is 1.88. The quantitative estimate of drug-likeness (QED) is 0.359. The fourth-order valence-corrected chi connectivity index (χ4v) is 0.534. The van der Waals surface area contributed by atoms with Gasteiger partial charge in [-0.1, -0.05) is 33.1 Å². The van der Waals surface area contributed by atoms with E-state index in [0.29, 0.717) is 13.2 Å². The van der Waals surface area contributed by atoms with Gasteiger partial charge in [-0.15, -0.1) is 0 Å². The molecule has 0 heterocycles. The van der Waals surface area contributed by atoms with E-state index in [1.54, 1.807) is 25.3 Å². The molecular weight excluding hydrogens is 164 g/mol. The molecule has 0 bridgehead atoms. The normalized spacial score (nSPS) is 9.62. The van der Waals surface area contributed by atoms with Crippen molar-refractivity contribution in [2.75, 3.05) is 20.3 Å². The van der Waals surface area contributed by atoms with Crippen LogP contribution in [0.3, 0.4) is 0 Å². The van der Waals surface area contributed by atoms with Gasteiger partial charge < -0.3 is 9.47 Å². The third-order valence-electron chi connectivity index (χ3n) is 1.04. The van der Waals surface area contributed by atoms with E-state index in [2.05, 4.69) is 13.2 Å². The molecule has 0 amide bonds. The Morgan fingerprint density at radius 2 is 1.85 bits per heavy atom. The van der Waals surface area contributed by atoms with E-state index in [4.69, 9.17) is 9.47 Å². The SMILES string of the molecule is C=C/C=C(\C=C)OCCOC.CC. The van der Waals surface area contributed by atoms with Crippen molar-refractivity contribution >= 4 is 0 Å². The van der Waals surface area contributed by atoms with Crippen molar-refractivity contribution in [1.82, 2.24) is 0 Å². The largest absolute Gasteiger partial charge is 0.491 e. The van der Waals surface area contributed by atoms with Gasteiger partial charge in [-0.2, -0.15) is 0 Å². The van der Waals surface area contributed by atoms with E-state index in [9.17, 15) is 0 Å². The highest BCUT2D eigenvalue weighted by molar-refractivity contribution is 5.14. The standard InChI is InChI=1S/C9H14O2.C2H6/c1-4-6-9(5-2)11-8-7-10-3;1-2/h4-6H,1-2,7-8H2,3H3;1-2H3/b9-6+;. The Labute approximate surface area is 81.6 Å². The van der Waals surface area contributed by atoms with Gasteiger partial charge in [0.25, 0.3) is 0 Å². The van der Waals surface area contributed by atoms with Crippen LogP contribution in [0, 0.1) is 0 Å². The molecule has 0 atom stereocenters. The zero-order valence-electron chi connectivity index (χ0n) is 8.88. The van der Waals surface area contributed by atoms with Gasteiger partial charge in [-0.3, -0.25) is 0 Å². The van der Waals surface area contributed by atoms with Crippen LogP contribution in [-0.2, 0) is 9.47 Å². The van der Waals surface area contributed by atoms with Gasteiger partial charge in [0.1, 0.15) is 12.4 Å². The Morgan fingerprint density at radius 1 is 1.23 bits per heavy atom. The topological polar surface area (TPSA) is 18.5 Å². The number of ether oxygens (including phenoxy) is 2. The minimum absolute atomic E-state index is 0.544. The summed E-state index contributed by atoms with van der Waals surface area (Å²) in [5.74, 6) is 0.719. The Bertz CT molecular complexity index is 148. The molecular formula is C11H20O2. The van der Waals surface area contributed by atoms with Crippen LogP contribution in [0.1, 0.15) is 13.8 Å². The first-order valence-electron chi connectivity index (χ1n) is 4.42. The summed E-state index contributed by atoms with van der Waals surface area (Å²) < 4.78 is 10.0. The van der Waals surface area contributed by atoms with Crippen LogP contribution in [0.5, 0.6) is 0 Å². The molecule has 0 aliphatic carbocycles. The lowest BCUT2D eigenvalue weighted by molar-refractivity contribution is 0.114. The maximum absolute atomic E-state index is 5.22. The van der Waals surface area contributed by atoms with E-state index >= 15 is 0 Å². The Kier molecular flexibility index (Phi) is 15.1. The van der Waals surface area contributed by atoms with Gasteiger partial charge in [0.05, 0.1) is 6.61 Å². The third kappa shape index (κ3) is 11.0. The number of hydrogen-bond donors (Lipinski definition) is 0. The van der Waals surface area contributed by atoms with E-state index in [1.165, 1.54) is 0 Å². The average molecular weight is 184 g/mol. The Morgan fingerprint density at radius 3 is 2.23 bits per heavy atom. The molecule has 0 spiro atoms. The molecule has 0 fully saturated rings. The van der Waals surface area contributed by atoms with Gasteiger partial charge in [0, 0.05) is 7.11 Å². The second-order valence-electron chi connectivity index (χ2n) is 1.85. The lowest BCUT2D eigenvalue weighted by atomic mass is 10.4. The van der Waals surface area contributed by atoms with Crippen LogP contribution in [-0.4, -0.2) is 20.3 Å². The predicted molar refractivity (Wildman–Crippen MR) is 57.7 cm³/mol. The van der Waals surface area contributed by atoms with Crippen molar-refractivity contribution in [3.8, 4) is 0 Å². The number of hydrogen-bond acceptors (Lipinski definition) is 2. The van der Waals surface area contributed by atoms with Gasteiger partial charge >= 0.3 is 0 Å². The number of methoxy groups -OCH3 is 1. The molecule has 0 N–H and O–H groups in total. The molecule has 2 heteroatoms. The lowest BCUT2D eigenvalue weighted by Crippen LogP contribution is -2.00. The van der Waals surface area contributed by atoms with Crippen molar-refractivity contribution in [3.05, 3.63) is 37.1 Å². The van der Waals surface area contributed by atoms with Crippen molar-refractivity contribution < 1.29 is 9.47 Å². The third-order valence-corrected chi connectivity index (χ3v) is 1.04. The van der Waals surface area contributed by atoms with Crippen LogP contribution >= 0.6 is 0 Å². The van der Waals surface area contributed by atoms with Crippen molar-refractivity contribution in [2.45, 2.75) is 13.8 Å². The van der Waals surface area contributed by atoms with Crippen LogP contribution in [0.4, 0.5) is 0 Å². The first-order valence-corrected chi connectivity index (χ1v) is 4.42. The fraction of sp³-hybridized carbons (Fsp3) is 0.455. The van der Waals surface area contributed by atoms with Crippen LogP contribution in [0.2, 0.25) is 0 Å². The van der Waals surface area contributed by atoms with Gasteiger partial charge in [-0.25, -0.2) is 0 Å². The minimum atomic E-state index is 0.544. The van der Waals surface area contributed by atoms with E-state index in [1.807, 2.05) is 13.8 Å². The molecule has 0 saturated heterocycles. The predicted octanol–water partition coefficient (Wildman–Crippen LogP) is 2.93. The van der Waals surface area contributed by atoms with E-state index < -0.39 is 0 Å². The molecule has 0 aliphatic rings. The summed E-state index contributed by atoms with van der Waals surface area (Å²) >= 11 is 0. The fourth-order valence-electron chi connectivity index (χ4n) is 0.534. The molecule has 0 saturated carbocycles. The summed E-state index contributed by atoms with van der Waals surface area (Å²) in [5.41, 5.74) is 0. The summed E-state index contributed by atoms with van der Waals surface area (Å²) in [4.78, 5) is 0. The minimum Gasteiger partial charge on any atom is -0.491 e. The van der Waals surface area contributed by atoms with Crippen LogP contribution in [0.15, 0.2) is 37.1 Å². The van der Waals surface area contributed by atoms with Gasteiger partial charge in [0.2, 0.25) is 0 Å². The Balaban J connectivity index is 0. The van der Waals surface area contributed by atoms with Crippen LogP contribution in [0.25, 0.3) is 0 Å². The monoisotopic (exact) mass is 184 g/mol. The summed E-state index contributed by atoms with van der Waals surface area (Å²) in [7, 11) is 1.63. The molecule has 2 nitrogen and oxygen atoms in total. The highest BCUT2D eigenvalue weighted by Crippen LogP contribution is 1.97. The van der Waals surface area contributed by atoms with Crippen molar-refractivity contribution in [1.29, 1.82) is 0 Å². The molecule has 76 valence electrons. The summed E-state index contributed by atoms with van der Waals surface area (Å²) in [6.45, 7) is 12.2. The lowest BCUT2D eigenvalue weighted by Gasteiger charge is -2.04. The van der Waals surface area contributed by atoms with Crippen molar-refractivity contribution in [3.63, 3.8) is 0 Å². The zero-order valence-corrected chi connectivity index (χ0v) is 8.88. The van der Waals surface area contributed by atoms with Crippen LogP contribution < -0.4 is 0 Å². The summed E-state index contributed by atoms with van der Waals surface area (Å²) in [5, 5.41) is 0. The molecule has 0 radical (unpaired) electrons. The summed E-state index contributed by atoms with van der Waals surface area (Å²) in [6.07, 6.45) is 5.05. The molecule has 13 heavy (non-hydrogen) atoms. The second kappa shape index (κ2) is 13.6. The van der Waals surface area contributed by atoms with E-state index in [0.717, 1.165) is 5.76 Å². The van der Waals surface area contributed by atoms with Gasteiger partial charge in [-0.05, 0) is 12.2 Å². The van der Waals surface area contributed by atoms with Gasteiger partial charge in [0.15, 0.2) is 0 Å². The molecule has 0 aromatic carbocycles. The molecule has 0 rings (SSSR count). The molecule has 0 aromatic rings. The maximum atomic E-state index is 5.22. The number of rotatable bonds is 6. The average Bonchev–Trinajstić information content (AvgIpc) is 2.20. The zero-order chi connectivity index (χ0) is 10.5. The molecule has 0 aromatic heterocycles. The van der Waals surface area contributed by atoms with Crippen molar-refractivity contribution in [2.24, 2.45) is 0 Å².